The summed E-state index contributed by atoms with van der Waals surface area (Å²) in [5.74, 6) is -0.118. The Bertz CT molecular complexity index is 473. The molecule has 1 fully saturated rings. The standard InChI is InChI=1S/C12H12BrClN2O2/c13-9-5-8(6-10(14)7-9)12(18)16-3-1-11(17)15-2-4-16/h5-7H,1-4H2,(H,15,17). The van der Waals surface area contributed by atoms with E-state index in [4.69, 9.17) is 11.6 Å². The second-order valence-electron chi connectivity index (χ2n) is 4.05. The van der Waals surface area contributed by atoms with Gasteiger partial charge in [0.05, 0.1) is 0 Å². The Hall–Kier alpha value is -1.07. The van der Waals surface area contributed by atoms with Gasteiger partial charge in [0, 0.05) is 41.1 Å². The van der Waals surface area contributed by atoms with Gasteiger partial charge in [0.1, 0.15) is 0 Å². The van der Waals surface area contributed by atoms with Crippen LogP contribution in [-0.4, -0.2) is 36.3 Å². The summed E-state index contributed by atoms with van der Waals surface area (Å²) in [6.07, 6.45) is 0.341. The average molecular weight is 332 g/mol. The quantitative estimate of drug-likeness (QED) is 0.856. The normalized spacial score (nSPS) is 16.1. The fourth-order valence-corrected chi connectivity index (χ4v) is 2.69. The molecule has 1 aromatic rings. The molecule has 96 valence electrons. The number of nitrogens with zero attached hydrogens (tertiary/aromatic N) is 1. The molecule has 1 saturated heterocycles. The first-order valence-electron chi connectivity index (χ1n) is 5.58. The van der Waals surface area contributed by atoms with Gasteiger partial charge in [0.15, 0.2) is 0 Å². The van der Waals surface area contributed by atoms with Crippen molar-refractivity contribution in [2.75, 3.05) is 19.6 Å². The number of carbonyl (C=O) groups excluding carboxylic acids is 2. The molecule has 1 aliphatic heterocycles. The molecule has 1 aromatic carbocycles. The van der Waals surface area contributed by atoms with Gasteiger partial charge in [0.2, 0.25) is 5.91 Å². The summed E-state index contributed by atoms with van der Waals surface area (Å²) in [7, 11) is 0. The molecule has 2 amide bonds. The van der Waals surface area contributed by atoms with E-state index in [1.165, 1.54) is 0 Å². The largest absolute Gasteiger partial charge is 0.354 e. The van der Waals surface area contributed by atoms with E-state index in [1.807, 2.05) is 0 Å². The Labute approximate surface area is 118 Å². The predicted octanol–water partition coefficient (Wildman–Crippen LogP) is 2.06. The number of nitrogens with one attached hydrogen (secondary N) is 1. The van der Waals surface area contributed by atoms with Crippen LogP contribution >= 0.6 is 27.5 Å². The van der Waals surface area contributed by atoms with Crippen LogP contribution in [-0.2, 0) is 4.79 Å². The molecule has 0 atom stereocenters. The van der Waals surface area contributed by atoms with Gasteiger partial charge in [0.25, 0.3) is 5.91 Å². The Balaban J connectivity index is 2.17. The van der Waals surface area contributed by atoms with Crippen LogP contribution in [0.5, 0.6) is 0 Å². The monoisotopic (exact) mass is 330 g/mol. The summed E-state index contributed by atoms with van der Waals surface area (Å²) in [6.45, 7) is 1.45. The number of halogens is 2. The van der Waals surface area contributed by atoms with E-state index in [-0.39, 0.29) is 11.8 Å². The van der Waals surface area contributed by atoms with Crippen LogP contribution in [0.1, 0.15) is 16.8 Å². The van der Waals surface area contributed by atoms with E-state index in [1.54, 1.807) is 23.1 Å². The summed E-state index contributed by atoms with van der Waals surface area (Å²) in [6, 6.07) is 5.09. The zero-order valence-electron chi connectivity index (χ0n) is 9.58. The van der Waals surface area contributed by atoms with Crippen LogP contribution in [0.3, 0.4) is 0 Å². The van der Waals surface area contributed by atoms with Gasteiger partial charge in [-0.05, 0) is 18.2 Å². The lowest BCUT2D eigenvalue weighted by atomic mass is 10.2. The van der Waals surface area contributed by atoms with Gasteiger partial charge in [-0.1, -0.05) is 27.5 Å². The van der Waals surface area contributed by atoms with Gasteiger partial charge in [-0.25, -0.2) is 0 Å². The molecule has 0 unspecified atom stereocenters. The maximum atomic E-state index is 12.3. The first kappa shape index (κ1) is 13.4. The van der Waals surface area contributed by atoms with Crippen molar-refractivity contribution >= 4 is 39.3 Å². The van der Waals surface area contributed by atoms with Crippen molar-refractivity contribution in [2.24, 2.45) is 0 Å². The number of benzene rings is 1. The Morgan fingerprint density at radius 3 is 2.83 bits per heavy atom. The highest BCUT2D eigenvalue weighted by Crippen LogP contribution is 2.20. The minimum absolute atomic E-state index is 0.0161. The minimum atomic E-state index is -0.102. The lowest BCUT2D eigenvalue weighted by molar-refractivity contribution is -0.120. The molecule has 6 heteroatoms. The molecule has 1 N–H and O–H groups in total. The van der Waals surface area contributed by atoms with Crippen LogP contribution < -0.4 is 5.32 Å². The van der Waals surface area contributed by atoms with Crippen LogP contribution in [0.4, 0.5) is 0 Å². The van der Waals surface area contributed by atoms with Gasteiger partial charge < -0.3 is 10.2 Å². The SMILES string of the molecule is O=C1CCN(C(=O)c2cc(Cl)cc(Br)c2)CCN1. The van der Waals surface area contributed by atoms with Crippen LogP contribution in [0.2, 0.25) is 5.02 Å². The summed E-state index contributed by atoms with van der Waals surface area (Å²) < 4.78 is 0.766. The van der Waals surface area contributed by atoms with Crippen molar-refractivity contribution < 1.29 is 9.59 Å². The van der Waals surface area contributed by atoms with Crippen molar-refractivity contribution in [1.82, 2.24) is 10.2 Å². The van der Waals surface area contributed by atoms with E-state index in [9.17, 15) is 9.59 Å². The Morgan fingerprint density at radius 1 is 1.33 bits per heavy atom. The van der Waals surface area contributed by atoms with Gasteiger partial charge in [-0.2, -0.15) is 0 Å². The number of rotatable bonds is 1. The summed E-state index contributed by atoms with van der Waals surface area (Å²) in [5.41, 5.74) is 0.531. The topological polar surface area (TPSA) is 49.4 Å². The number of carbonyl (C=O) groups is 2. The van der Waals surface area contributed by atoms with E-state index in [0.717, 1.165) is 4.47 Å². The second kappa shape index (κ2) is 5.71. The van der Waals surface area contributed by atoms with Crippen molar-refractivity contribution in [2.45, 2.75) is 6.42 Å². The fraction of sp³-hybridized carbons (Fsp3) is 0.333. The van der Waals surface area contributed by atoms with Crippen molar-refractivity contribution in [3.8, 4) is 0 Å². The molecule has 0 saturated carbocycles. The smallest absolute Gasteiger partial charge is 0.254 e. The highest BCUT2D eigenvalue weighted by molar-refractivity contribution is 9.10. The van der Waals surface area contributed by atoms with E-state index >= 15 is 0 Å². The van der Waals surface area contributed by atoms with E-state index in [2.05, 4.69) is 21.2 Å². The third kappa shape index (κ3) is 3.23. The van der Waals surface area contributed by atoms with E-state index < -0.39 is 0 Å². The molecular formula is C12H12BrClN2O2. The zero-order valence-corrected chi connectivity index (χ0v) is 11.9. The lowest BCUT2D eigenvalue weighted by Crippen LogP contribution is -2.34. The minimum Gasteiger partial charge on any atom is -0.354 e. The molecule has 1 heterocycles. The summed E-state index contributed by atoms with van der Waals surface area (Å²) >= 11 is 9.23. The molecule has 4 nitrogen and oxygen atoms in total. The number of hydrogen-bond donors (Lipinski definition) is 1. The molecule has 1 aliphatic rings. The molecule has 0 spiro atoms. The van der Waals surface area contributed by atoms with Gasteiger partial charge >= 0.3 is 0 Å². The molecular weight excluding hydrogens is 320 g/mol. The highest BCUT2D eigenvalue weighted by atomic mass is 79.9. The molecule has 0 radical (unpaired) electrons. The van der Waals surface area contributed by atoms with Crippen molar-refractivity contribution in [3.63, 3.8) is 0 Å². The average Bonchev–Trinajstić information content (AvgIpc) is 2.52. The van der Waals surface area contributed by atoms with Crippen molar-refractivity contribution in [3.05, 3.63) is 33.3 Å². The molecule has 2 rings (SSSR count). The molecule has 0 aliphatic carbocycles. The molecule has 18 heavy (non-hydrogen) atoms. The Kier molecular flexibility index (Phi) is 4.24. The lowest BCUT2D eigenvalue weighted by Gasteiger charge is -2.19. The van der Waals surface area contributed by atoms with Crippen LogP contribution in [0.15, 0.2) is 22.7 Å². The molecule has 0 aromatic heterocycles. The third-order valence-corrected chi connectivity index (χ3v) is 3.39. The summed E-state index contributed by atoms with van der Waals surface area (Å²) in [4.78, 5) is 25.2. The van der Waals surface area contributed by atoms with Gasteiger partial charge in [-0.15, -0.1) is 0 Å². The van der Waals surface area contributed by atoms with Crippen LogP contribution in [0.25, 0.3) is 0 Å². The number of amides is 2. The molecule has 0 bridgehead atoms. The van der Waals surface area contributed by atoms with Crippen molar-refractivity contribution in [1.29, 1.82) is 0 Å². The number of hydrogen-bond acceptors (Lipinski definition) is 2. The summed E-state index contributed by atoms with van der Waals surface area (Å²) in [5, 5.41) is 3.25. The predicted molar refractivity (Wildman–Crippen MR) is 72.7 cm³/mol. The highest BCUT2D eigenvalue weighted by Gasteiger charge is 2.20. The maximum Gasteiger partial charge on any atom is 0.254 e. The Morgan fingerprint density at radius 2 is 2.11 bits per heavy atom. The van der Waals surface area contributed by atoms with Gasteiger partial charge in [-0.3, -0.25) is 9.59 Å². The van der Waals surface area contributed by atoms with Crippen LogP contribution in [0, 0.1) is 0 Å². The maximum absolute atomic E-state index is 12.3. The first-order chi connectivity index (χ1) is 8.56. The second-order valence-corrected chi connectivity index (χ2v) is 5.40. The fourth-order valence-electron chi connectivity index (χ4n) is 1.83. The van der Waals surface area contributed by atoms with E-state index in [0.29, 0.717) is 36.6 Å². The zero-order chi connectivity index (χ0) is 13.1. The third-order valence-electron chi connectivity index (χ3n) is 2.71. The first-order valence-corrected chi connectivity index (χ1v) is 6.75.